The summed E-state index contributed by atoms with van der Waals surface area (Å²) in [7, 11) is 0. The van der Waals surface area contributed by atoms with E-state index >= 15 is 0 Å². The van der Waals surface area contributed by atoms with Crippen molar-refractivity contribution in [3.05, 3.63) is 33.3 Å². The average Bonchev–Trinajstić information content (AvgIpc) is 2.20. The third kappa shape index (κ3) is 3.19. The molecule has 0 aliphatic carbocycles. The van der Waals surface area contributed by atoms with Gasteiger partial charge in [-0.25, -0.2) is 4.98 Å². The van der Waals surface area contributed by atoms with E-state index in [1.165, 1.54) is 0 Å². The van der Waals surface area contributed by atoms with Crippen molar-refractivity contribution >= 4 is 5.82 Å². The number of anilines is 1. The molecule has 1 heterocycles. The van der Waals surface area contributed by atoms with E-state index in [9.17, 15) is 0 Å². The Kier molecular flexibility index (Phi) is 4.19. The Morgan fingerprint density at radius 2 is 2.31 bits per heavy atom. The van der Waals surface area contributed by atoms with Crippen molar-refractivity contribution in [3.8, 4) is 11.8 Å². The van der Waals surface area contributed by atoms with Crippen molar-refractivity contribution in [2.24, 2.45) is 5.11 Å². The Balaban J connectivity index is 2.84. The highest BCUT2D eigenvalue weighted by Crippen LogP contribution is 2.12. The van der Waals surface area contributed by atoms with Crippen molar-refractivity contribution in [1.29, 1.82) is 0 Å². The fraction of sp³-hybridized carbons (Fsp3) is 0.364. The first-order valence-corrected chi connectivity index (χ1v) is 4.88. The van der Waals surface area contributed by atoms with Gasteiger partial charge in [-0.2, -0.15) is 0 Å². The monoisotopic (exact) mass is 215 g/mol. The van der Waals surface area contributed by atoms with Crippen LogP contribution in [-0.4, -0.2) is 11.5 Å². The Bertz CT molecular complexity index is 466. The second-order valence-corrected chi connectivity index (χ2v) is 3.33. The van der Waals surface area contributed by atoms with Crippen LogP contribution in [0.4, 0.5) is 5.82 Å². The van der Waals surface area contributed by atoms with Gasteiger partial charge in [-0.3, -0.25) is 0 Å². The van der Waals surface area contributed by atoms with Crippen molar-refractivity contribution in [2.45, 2.75) is 20.3 Å². The lowest BCUT2D eigenvalue weighted by molar-refractivity contribution is 1.01. The van der Waals surface area contributed by atoms with Crippen LogP contribution in [0.1, 0.15) is 23.2 Å². The molecule has 16 heavy (non-hydrogen) atoms. The number of aryl methyl sites for hydroxylation is 2. The molecule has 2 N–H and O–H groups in total. The Morgan fingerprint density at radius 1 is 1.56 bits per heavy atom. The lowest BCUT2D eigenvalue weighted by Crippen LogP contribution is -1.97. The number of hydrogen-bond acceptors (Lipinski definition) is 3. The Hall–Kier alpha value is -2.18. The zero-order valence-electron chi connectivity index (χ0n) is 9.36. The summed E-state index contributed by atoms with van der Waals surface area (Å²) < 4.78 is 0. The van der Waals surface area contributed by atoms with Gasteiger partial charge in [-0.15, -0.1) is 0 Å². The third-order valence-electron chi connectivity index (χ3n) is 2.03. The maximum atomic E-state index is 8.09. The van der Waals surface area contributed by atoms with E-state index in [1.807, 2.05) is 13.8 Å². The van der Waals surface area contributed by atoms with Crippen LogP contribution < -0.4 is 5.73 Å². The molecule has 0 atom stereocenters. The summed E-state index contributed by atoms with van der Waals surface area (Å²) in [6.45, 7) is 4.22. The molecule has 1 aromatic heterocycles. The van der Waals surface area contributed by atoms with E-state index in [0.717, 1.165) is 16.8 Å². The number of nitrogens with zero attached hydrogens (tertiary/aromatic N) is 4. The summed E-state index contributed by atoms with van der Waals surface area (Å²) in [6, 6.07) is 1.80. The van der Waals surface area contributed by atoms with Gasteiger partial charge in [-0.1, -0.05) is 17.0 Å². The van der Waals surface area contributed by atoms with Gasteiger partial charge in [0.1, 0.15) is 5.82 Å². The normalized spacial score (nSPS) is 8.88. The highest BCUT2D eigenvalue weighted by Gasteiger charge is 2.01. The maximum Gasteiger partial charge on any atom is 0.123 e. The Labute approximate surface area is 94.3 Å². The first-order chi connectivity index (χ1) is 7.65. The maximum absolute atomic E-state index is 8.09. The topological polar surface area (TPSA) is 87.7 Å². The molecule has 0 saturated heterocycles. The smallest absolute Gasteiger partial charge is 0.123 e. The molecule has 0 amide bonds. The summed E-state index contributed by atoms with van der Waals surface area (Å²) in [6.07, 6.45) is 0.549. The minimum Gasteiger partial charge on any atom is -0.384 e. The van der Waals surface area contributed by atoms with Crippen LogP contribution in [0.3, 0.4) is 0 Å². The summed E-state index contributed by atoms with van der Waals surface area (Å²) >= 11 is 0. The van der Waals surface area contributed by atoms with Gasteiger partial charge < -0.3 is 5.73 Å². The molecule has 1 aromatic rings. The minimum atomic E-state index is 0.393. The van der Waals surface area contributed by atoms with E-state index in [-0.39, 0.29) is 0 Å². The van der Waals surface area contributed by atoms with Crippen LogP contribution in [0.15, 0.2) is 11.2 Å². The number of azide groups is 1. The van der Waals surface area contributed by atoms with E-state index in [1.54, 1.807) is 6.07 Å². The molecule has 0 spiro atoms. The Morgan fingerprint density at radius 3 is 2.94 bits per heavy atom. The molecule has 0 aliphatic heterocycles. The molecule has 5 nitrogen and oxygen atoms in total. The van der Waals surface area contributed by atoms with E-state index < -0.39 is 0 Å². The lowest BCUT2D eigenvalue weighted by Gasteiger charge is -2.03. The molecule has 0 bridgehead atoms. The van der Waals surface area contributed by atoms with Gasteiger partial charge in [-0.05, 0) is 31.0 Å². The quantitative estimate of drug-likeness (QED) is 0.270. The minimum absolute atomic E-state index is 0.393. The van der Waals surface area contributed by atoms with Crippen LogP contribution in [0.25, 0.3) is 10.4 Å². The number of nitrogen functional groups attached to an aromatic ring is 1. The third-order valence-corrected chi connectivity index (χ3v) is 2.03. The van der Waals surface area contributed by atoms with Gasteiger partial charge in [0.05, 0.1) is 5.69 Å². The highest BCUT2D eigenvalue weighted by molar-refractivity contribution is 5.48. The van der Waals surface area contributed by atoms with Crippen molar-refractivity contribution < 1.29 is 0 Å². The van der Waals surface area contributed by atoms with Gasteiger partial charge in [0, 0.05) is 23.4 Å². The molecule has 1 rings (SSSR count). The average molecular weight is 215 g/mol. The fourth-order valence-electron chi connectivity index (χ4n) is 1.35. The lowest BCUT2D eigenvalue weighted by atomic mass is 10.1. The van der Waals surface area contributed by atoms with Crippen molar-refractivity contribution in [2.75, 3.05) is 12.3 Å². The van der Waals surface area contributed by atoms with Crippen LogP contribution >= 0.6 is 0 Å². The predicted molar refractivity (Wildman–Crippen MR) is 63.6 cm³/mol. The van der Waals surface area contributed by atoms with Crippen LogP contribution in [-0.2, 0) is 0 Å². The van der Waals surface area contributed by atoms with Crippen LogP contribution in [0, 0.1) is 25.7 Å². The van der Waals surface area contributed by atoms with Gasteiger partial charge in [0.2, 0.25) is 0 Å². The molecule has 0 aliphatic rings. The number of hydrogen-bond donors (Lipinski definition) is 1. The molecule has 5 heteroatoms. The molecule has 0 fully saturated rings. The number of aromatic nitrogens is 1. The summed E-state index contributed by atoms with van der Waals surface area (Å²) in [4.78, 5) is 6.80. The highest BCUT2D eigenvalue weighted by atomic mass is 15.1. The van der Waals surface area contributed by atoms with E-state index in [0.29, 0.717) is 18.8 Å². The van der Waals surface area contributed by atoms with Crippen molar-refractivity contribution in [1.82, 2.24) is 4.98 Å². The zero-order chi connectivity index (χ0) is 12.0. The molecular formula is C11H13N5. The SMILES string of the molecule is Cc1cc(N)nc(C)c1C#CCCN=[N+]=[N-]. The van der Waals surface area contributed by atoms with Gasteiger partial charge in [0.25, 0.3) is 0 Å². The second kappa shape index (κ2) is 5.64. The second-order valence-electron chi connectivity index (χ2n) is 3.33. The summed E-state index contributed by atoms with van der Waals surface area (Å²) in [5.41, 5.74) is 16.4. The predicted octanol–water partition coefficient (Wildman–Crippen LogP) is 2.33. The number of rotatable bonds is 2. The molecule has 0 saturated carbocycles. The first kappa shape index (κ1) is 11.9. The molecule has 0 aromatic carbocycles. The first-order valence-electron chi connectivity index (χ1n) is 4.88. The van der Waals surface area contributed by atoms with E-state index in [2.05, 4.69) is 26.9 Å². The summed E-state index contributed by atoms with van der Waals surface area (Å²) in [5.74, 6) is 6.47. The van der Waals surface area contributed by atoms with E-state index in [4.69, 9.17) is 11.3 Å². The molecule has 0 unspecified atom stereocenters. The van der Waals surface area contributed by atoms with Crippen LogP contribution in [0.5, 0.6) is 0 Å². The summed E-state index contributed by atoms with van der Waals surface area (Å²) in [5, 5.41) is 3.40. The number of pyridine rings is 1. The van der Waals surface area contributed by atoms with Crippen LogP contribution in [0.2, 0.25) is 0 Å². The van der Waals surface area contributed by atoms with Gasteiger partial charge in [0.15, 0.2) is 0 Å². The molecular weight excluding hydrogens is 202 g/mol. The fourth-order valence-corrected chi connectivity index (χ4v) is 1.35. The standard InChI is InChI=1S/C11H13N5/c1-8-7-11(12)15-9(2)10(8)5-3-4-6-14-16-13/h7H,4,6H2,1-2H3,(H2,12,15). The van der Waals surface area contributed by atoms with Gasteiger partial charge >= 0.3 is 0 Å². The number of nitrogens with two attached hydrogens (primary N) is 1. The zero-order valence-corrected chi connectivity index (χ0v) is 9.36. The van der Waals surface area contributed by atoms with Crippen molar-refractivity contribution in [3.63, 3.8) is 0 Å². The largest absolute Gasteiger partial charge is 0.384 e. The molecule has 82 valence electrons. The molecule has 0 radical (unpaired) electrons.